The number of hydrogen-bond acceptors (Lipinski definition) is 4. The maximum atomic E-state index is 13.1. The summed E-state index contributed by atoms with van der Waals surface area (Å²) < 4.78 is 12.8. The number of fused-ring (bicyclic) bond motifs is 6. The molecule has 1 aromatic heterocycles. The normalized spacial score (nSPS) is 21.7. The Morgan fingerprint density at radius 1 is 0.967 bits per heavy atom. The molecule has 0 unspecified atom stereocenters. The summed E-state index contributed by atoms with van der Waals surface area (Å²) in [5.74, 6) is 1.01. The third-order valence-electron chi connectivity index (χ3n) is 6.22. The summed E-state index contributed by atoms with van der Waals surface area (Å²) in [6, 6.07) is 24.2. The van der Waals surface area contributed by atoms with Gasteiger partial charge in [-0.25, -0.2) is 4.79 Å². The van der Waals surface area contributed by atoms with Crippen molar-refractivity contribution in [3.63, 3.8) is 0 Å². The van der Waals surface area contributed by atoms with Crippen LogP contribution >= 0.6 is 15.9 Å². The highest BCUT2D eigenvalue weighted by atomic mass is 79.9. The van der Waals surface area contributed by atoms with Crippen molar-refractivity contribution in [2.75, 3.05) is 11.9 Å². The second-order valence-electron chi connectivity index (χ2n) is 7.84. The van der Waals surface area contributed by atoms with Crippen LogP contribution in [0, 0.1) is 5.92 Å². The van der Waals surface area contributed by atoms with Crippen LogP contribution in [-0.4, -0.2) is 6.61 Å². The molecule has 0 fully saturated rings. The first-order valence-electron chi connectivity index (χ1n) is 10.00. The van der Waals surface area contributed by atoms with Gasteiger partial charge in [0.15, 0.2) is 0 Å². The molecule has 2 aliphatic rings. The van der Waals surface area contributed by atoms with E-state index in [-0.39, 0.29) is 23.5 Å². The quantitative estimate of drug-likeness (QED) is 0.362. The van der Waals surface area contributed by atoms with Gasteiger partial charge >= 0.3 is 5.63 Å². The number of ether oxygens (including phenoxy) is 1. The van der Waals surface area contributed by atoms with Gasteiger partial charge in [-0.2, -0.15) is 0 Å². The summed E-state index contributed by atoms with van der Waals surface area (Å²) in [5, 5.41) is 4.48. The van der Waals surface area contributed by atoms with Crippen LogP contribution in [0.15, 0.2) is 86.5 Å². The van der Waals surface area contributed by atoms with E-state index in [0.717, 1.165) is 26.7 Å². The number of para-hydroxylation sites is 1. The molecule has 0 radical (unpaired) electrons. The first-order chi connectivity index (χ1) is 14.7. The minimum absolute atomic E-state index is 0.00158. The van der Waals surface area contributed by atoms with E-state index in [1.165, 1.54) is 5.56 Å². The van der Waals surface area contributed by atoms with Crippen LogP contribution < -0.4 is 15.7 Å². The van der Waals surface area contributed by atoms with Crippen LogP contribution in [0.2, 0.25) is 0 Å². The Morgan fingerprint density at radius 2 is 1.77 bits per heavy atom. The minimum Gasteiger partial charge on any atom is -0.493 e. The molecule has 148 valence electrons. The van der Waals surface area contributed by atoms with Gasteiger partial charge in [-0.15, -0.1) is 0 Å². The van der Waals surface area contributed by atoms with Crippen molar-refractivity contribution in [3.05, 3.63) is 104 Å². The number of nitrogens with one attached hydrogen (secondary N) is 1. The molecule has 0 amide bonds. The highest BCUT2D eigenvalue weighted by Gasteiger charge is 2.44. The Labute approximate surface area is 181 Å². The molecule has 0 bridgehead atoms. The number of halogens is 1. The summed E-state index contributed by atoms with van der Waals surface area (Å²) in [6.07, 6.45) is 0. The molecular weight excluding hydrogens is 442 g/mol. The lowest BCUT2D eigenvalue weighted by atomic mass is 9.71. The molecule has 0 aliphatic carbocycles. The lowest BCUT2D eigenvalue weighted by Crippen LogP contribution is -2.40. The molecule has 0 spiro atoms. The monoisotopic (exact) mass is 459 g/mol. The van der Waals surface area contributed by atoms with Gasteiger partial charge in [0.2, 0.25) is 0 Å². The number of anilines is 1. The molecule has 3 aromatic carbocycles. The first-order valence-corrected chi connectivity index (χ1v) is 10.8. The fourth-order valence-electron chi connectivity index (χ4n) is 4.96. The van der Waals surface area contributed by atoms with E-state index < -0.39 is 0 Å². The first kappa shape index (κ1) is 17.8. The van der Waals surface area contributed by atoms with Gasteiger partial charge in [0.25, 0.3) is 0 Å². The summed E-state index contributed by atoms with van der Waals surface area (Å²) >= 11 is 3.58. The molecule has 4 aromatic rings. The molecule has 6 rings (SSSR count). The van der Waals surface area contributed by atoms with Gasteiger partial charge in [0.05, 0.1) is 12.6 Å². The van der Waals surface area contributed by atoms with Crippen LogP contribution in [0.3, 0.4) is 0 Å². The lowest BCUT2D eigenvalue weighted by Gasteiger charge is -2.43. The zero-order valence-corrected chi connectivity index (χ0v) is 17.6. The maximum absolute atomic E-state index is 13.1. The van der Waals surface area contributed by atoms with E-state index in [2.05, 4.69) is 39.4 Å². The highest BCUT2D eigenvalue weighted by Crippen LogP contribution is 2.52. The third kappa shape index (κ3) is 2.62. The molecule has 3 heterocycles. The van der Waals surface area contributed by atoms with Gasteiger partial charge in [-0.3, -0.25) is 0 Å². The summed E-state index contributed by atoms with van der Waals surface area (Å²) in [4.78, 5) is 13.1. The van der Waals surface area contributed by atoms with Crippen molar-refractivity contribution >= 4 is 32.6 Å². The lowest BCUT2D eigenvalue weighted by molar-refractivity contribution is 0.183. The van der Waals surface area contributed by atoms with Gasteiger partial charge in [0, 0.05) is 32.8 Å². The van der Waals surface area contributed by atoms with Crippen LogP contribution in [0.25, 0.3) is 11.0 Å². The van der Waals surface area contributed by atoms with Crippen molar-refractivity contribution in [1.82, 2.24) is 0 Å². The summed E-state index contributed by atoms with van der Waals surface area (Å²) in [7, 11) is 0. The maximum Gasteiger partial charge on any atom is 0.360 e. The predicted octanol–water partition coefficient (Wildman–Crippen LogP) is 5.86. The van der Waals surface area contributed by atoms with Gasteiger partial charge in [0.1, 0.15) is 17.0 Å². The molecule has 2 aliphatic heterocycles. The van der Waals surface area contributed by atoms with Crippen molar-refractivity contribution < 1.29 is 9.15 Å². The zero-order chi connectivity index (χ0) is 20.2. The second kappa shape index (κ2) is 6.74. The number of hydrogen-bond donors (Lipinski definition) is 1. The van der Waals surface area contributed by atoms with Crippen molar-refractivity contribution in [2.24, 2.45) is 5.92 Å². The zero-order valence-electron chi connectivity index (χ0n) is 16.0. The van der Waals surface area contributed by atoms with E-state index in [4.69, 9.17) is 9.15 Å². The molecule has 0 saturated carbocycles. The van der Waals surface area contributed by atoms with Crippen LogP contribution in [0.5, 0.6) is 5.75 Å². The molecule has 0 saturated heterocycles. The van der Waals surface area contributed by atoms with E-state index >= 15 is 0 Å². The Morgan fingerprint density at radius 3 is 2.63 bits per heavy atom. The topological polar surface area (TPSA) is 51.5 Å². The minimum atomic E-state index is -0.330. The van der Waals surface area contributed by atoms with E-state index in [1.54, 1.807) is 0 Å². The fraction of sp³-hybridized carbons (Fsp3) is 0.160. The van der Waals surface area contributed by atoms with Crippen LogP contribution in [-0.2, 0) is 0 Å². The van der Waals surface area contributed by atoms with Gasteiger partial charge in [-0.1, -0.05) is 64.5 Å². The Hall–Kier alpha value is -3.05. The van der Waals surface area contributed by atoms with Crippen molar-refractivity contribution in [3.8, 4) is 5.75 Å². The van der Waals surface area contributed by atoms with Crippen LogP contribution in [0.4, 0.5) is 5.69 Å². The fourth-order valence-corrected chi connectivity index (χ4v) is 5.32. The molecular formula is C25H18BrNO3. The summed E-state index contributed by atoms with van der Waals surface area (Å²) in [6.45, 7) is 0.573. The molecule has 5 heteroatoms. The summed E-state index contributed by atoms with van der Waals surface area (Å²) in [5.41, 5.74) is 4.05. The average molecular weight is 460 g/mol. The Bertz CT molecular complexity index is 1330. The largest absolute Gasteiger partial charge is 0.493 e. The SMILES string of the molecule is O=c1oc2ccc(Br)cc2c2c1N[C@@H]1c3ccccc3OC[C@H]1[C@@H]2c1ccccc1. The molecule has 3 atom stereocenters. The standard InChI is InChI=1S/C25H18BrNO3/c26-15-10-11-20-17(12-15)22-21(14-6-2-1-3-7-14)18-13-29-19-9-5-4-8-16(19)23(18)27-24(22)25(28)30-20/h1-12,18,21,23,27H,13H2/t18-,21-,23+/m0/s1. The van der Waals surface area contributed by atoms with E-state index in [0.29, 0.717) is 17.9 Å². The van der Waals surface area contributed by atoms with E-state index in [1.807, 2.05) is 54.6 Å². The van der Waals surface area contributed by atoms with Gasteiger partial charge < -0.3 is 14.5 Å². The van der Waals surface area contributed by atoms with Crippen LogP contribution in [0.1, 0.15) is 28.7 Å². The predicted molar refractivity (Wildman–Crippen MR) is 120 cm³/mol. The molecule has 1 N–H and O–H groups in total. The smallest absolute Gasteiger partial charge is 0.360 e. The average Bonchev–Trinajstić information content (AvgIpc) is 2.79. The Balaban J connectivity index is 1.67. The molecule has 4 nitrogen and oxygen atoms in total. The van der Waals surface area contributed by atoms with E-state index in [9.17, 15) is 4.79 Å². The van der Waals surface area contributed by atoms with Crippen molar-refractivity contribution in [2.45, 2.75) is 12.0 Å². The molecule has 30 heavy (non-hydrogen) atoms. The third-order valence-corrected chi connectivity index (χ3v) is 6.71. The second-order valence-corrected chi connectivity index (χ2v) is 8.76. The van der Waals surface area contributed by atoms with Gasteiger partial charge in [-0.05, 0) is 29.8 Å². The highest BCUT2D eigenvalue weighted by molar-refractivity contribution is 9.10. The Kier molecular flexibility index (Phi) is 4.00. The number of rotatable bonds is 1. The van der Waals surface area contributed by atoms with Crippen molar-refractivity contribution in [1.29, 1.82) is 0 Å². The number of benzene rings is 3.